The third-order valence-electron chi connectivity index (χ3n) is 2.66. The van der Waals surface area contributed by atoms with Gasteiger partial charge in [0.1, 0.15) is 5.82 Å². The van der Waals surface area contributed by atoms with E-state index in [1.54, 1.807) is 0 Å². The molecule has 2 rings (SSSR count). The van der Waals surface area contributed by atoms with E-state index in [2.05, 4.69) is 15.9 Å². The molecule has 0 unspecified atom stereocenters. The minimum absolute atomic E-state index is 0.00477. The highest BCUT2D eigenvalue weighted by Gasteiger charge is 2.19. The van der Waals surface area contributed by atoms with Crippen molar-refractivity contribution in [3.8, 4) is 0 Å². The van der Waals surface area contributed by atoms with Crippen molar-refractivity contribution in [2.24, 2.45) is 0 Å². The Kier molecular flexibility index (Phi) is 3.10. The average Bonchev–Trinajstić information content (AvgIpc) is 2.75. The van der Waals surface area contributed by atoms with Crippen molar-refractivity contribution in [1.29, 1.82) is 0 Å². The monoisotopic (exact) mass is 283 g/mol. The fourth-order valence-corrected chi connectivity index (χ4v) is 2.29. The Morgan fingerprint density at radius 2 is 2.19 bits per heavy atom. The highest BCUT2D eigenvalue weighted by molar-refractivity contribution is 9.10. The van der Waals surface area contributed by atoms with Gasteiger partial charge in [-0.25, -0.2) is 4.39 Å². The fraction of sp³-hybridized carbons (Fsp3) is 0.250. The number of nitrogens with two attached hydrogens (primary N) is 1. The lowest BCUT2D eigenvalue weighted by Gasteiger charge is -2.06. The quantitative estimate of drug-likeness (QED) is 0.667. The van der Waals surface area contributed by atoms with Crippen LogP contribution in [0, 0.1) is 5.82 Å². The van der Waals surface area contributed by atoms with Crippen LogP contribution >= 0.6 is 15.9 Å². The normalized spacial score (nSPS) is 15.0. The van der Waals surface area contributed by atoms with Gasteiger partial charge in [-0.1, -0.05) is 6.08 Å². The lowest BCUT2D eigenvalue weighted by Crippen LogP contribution is -2.05. The fourth-order valence-electron chi connectivity index (χ4n) is 1.79. The van der Waals surface area contributed by atoms with E-state index < -0.39 is 5.82 Å². The maximum absolute atomic E-state index is 13.1. The molecule has 84 valence electrons. The van der Waals surface area contributed by atoms with Gasteiger partial charge in [0.15, 0.2) is 5.78 Å². The Hall–Kier alpha value is -1.16. The number of allylic oxidation sites excluding steroid dienone is 2. The molecule has 2 nitrogen and oxygen atoms in total. The molecule has 16 heavy (non-hydrogen) atoms. The number of carbonyl (C=O) groups excluding carboxylic acids is 1. The van der Waals surface area contributed by atoms with E-state index in [1.807, 2.05) is 6.08 Å². The van der Waals surface area contributed by atoms with Gasteiger partial charge in [0, 0.05) is 10.0 Å². The van der Waals surface area contributed by atoms with E-state index >= 15 is 0 Å². The number of carbonyl (C=O) groups is 1. The maximum Gasteiger partial charge on any atom is 0.189 e. The smallest absolute Gasteiger partial charge is 0.189 e. The second kappa shape index (κ2) is 4.37. The van der Waals surface area contributed by atoms with Crippen LogP contribution < -0.4 is 5.73 Å². The van der Waals surface area contributed by atoms with Gasteiger partial charge in [0.05, 0.1) is 5.69 Å². The topological polar surface area (TPSA) is 43.1 Å². The lowest BCUT2D eigenvalue weighted by atomic mass is 10.0. The minimum Gasteiger partial charge on any atom is -0.396 e. The van der Waals surface area contributed by atoms with Crippen molar-refractivity contribution in [1.82, 2.24) is 0 Å². The number of benzene rings is 1. The molecule has 0 aromatic heterocycles. The summed E-state index contributed by atoms with van der Waals surface area (Å²) in [6, 6.07) is 2.62. The molecule has 1 aromatic rings. The first-order valence-electron chi connectivity index (χ1n) is 5.08. The number of halogens is 2. The summed E-state index contributed by atoms with van der Waals surface area (Å²) in [5, 5.41) is 0. The molecule has 0 amide bonds. The molecule has 0 radical (unpaired) electrons. The summed E-state index contributed by atoms with van der Waals surface area (Å²) in [5.41, 5.74) is 6.70. The van der Waals surface area contributed by atoms with Crippen molar-refractivity contribution < 1.29 is 9.18 Å². The van der Waals surface area contributed by atoms with Crippen LogP contribution in [0.5, 0.6) is 0 Å². The summed E-state index contributed by atoms with van der Waals surface area (Å²) in [4.78, 5) is 12.1. The SMILES string of the molecule is Nc1cc(C(=O)C2=CCCC2)c(Br)cc1F. The van der Waals surface area contributed by atoms with Crippen LogP contribution in [0.15, 0.2) is 28.3 Å². The molecule has 0 atom stereocenters. The summed E-state index contributed by atoms with van der Waals surface area (Å²) in [6.07, 6.45) is 4.68. The highest BCUT2D eigenvalue weighted by atomic mass is 79.9. The number of nitrogen functional groups attached to an aromatic ring is 1. The number of Topliss-reactive ketones (excluding diaryl/α,β-unsaturated/α-hetero) is 1. The van der Waals surface area contributed by atoms with Gasteiger partial charge < -0.3 is 5.73 Å². The number of rotatable bonds is 2. The lowest BCUT2D eigenvalue weighted by molar-refractivity contribution is 0.103. The van der Waals surface area contributed by atoms with E-state index in [1.165, 1.54) is 12.1 Å². The minimum atomic E-state index is -0.510. The Labute approximate surface area is 101 Å². The first-order chi connectivity index (χ1) is 7.59. The molecule has 0 aliphatic heterocycles. The highest BCUT2D eigenvalue weighted by Crippen LogP contribution is 2.28. The zero-order chi connectivity index (χ0) is 11.7. The van der Waals surface area contributed by atoms with Gasteiger partial charge in [-0.05, 0) is 52.9 Å². The van der Waals surface area contributed by atoms with E-state index in [9.17, 15) is 9.18 Å². The average molecular weight is 284 g/mol. The summed E-state index contributed by atoms with van der Waals surface area (Å²) >= 11 is 3.19. The van der Waals surface area contributed by atoms with Crippen LogP contribution in [0.1, 0.15) is 29.6 Å². The van der Waals surface area contributed by atoms with Gasteiger partial charge in [-0.2, -0.15) is 0 Å². The molecule has 1 aliphatic rings. The molecular formula is C12H11BrFNO. The second-order valence-electron chi connectivity index (χ2n) is 3.80. The van der Waals surface area contributed by atoms with Crippen LogP contribution in [0.2, 0.25) is 0 Å². The molecule has 4 heteroatoms. The molecule has 0 saturated carbocycles. The molecule has 2 N–H and O–H groups in total. The molecule has 1 aromatic carbocycles. The third-order valence-corrected chi connectivity index (χ3v) is 3.32. The van der Waals surface area contributed by atoms with Gasteiger partial charge in [0.2, 0.25) is 0 Å². The van der Waals surface area contributed by atoms with Gasteiger partial charge in [-0.3, -0.25) is 4.79 Å². The van der Waals surface area contributed by atoms with E-state index in [0.29, 0.717) is 10.0 Å². The van der Waals surface area contributed by atoms with E-state index in [-0.39, 0.29) is 11.5 Å². The third kappa shape index (κ3) is 2.02. The predicted octanol–water partition coefficient (Wildman–Crippen LogP) is 3.46. The Morgan fingerprint density at radius 3 is 2.81 bits per heavy atom. The van der Waals surface area contributed by atoms with Gasteiger partial charge >= 0.3 is 0 Å². The van der Waals surface area contributed by atoms with E-state index in [0.717, 1.165) is 24.8 Å². The largest absolute Gasteiger partial charge is 0.396 e. The standard InChI is InChI=1S/C12H11BrFNO/c13-9-6-10(14)11(15)5-8(9)12(16)7-3-1-2-4-7/h3,5-6H,1-2,4,15H2. The zero-order valence-corrected chi connectivity index (χ0v) is 10.2. The van der Waals surface area contributed by atoms with Crippen LogP contribution in [-0.2, 0) is 0 Å². The summed E-state index contributed by atoms with van der Waals surface area (Å²) in [5.74, 6) is -0.570. The van der Waals surface area contributed by atoms with Crippen LogP contribution in [0.25, 0.3) is 0 Å². The van der Waals surface area contributed by atoms with Crippen molar-refractivity contribution >= 4 is 27.4 Å². The Balaban J connectivity index is 2.40. The van der Waals surface area contributed by atoms with Crippen LogP contribution in [0.4, 0.5) is 10.1 Å². The number of anilines is 1. The van der Waals surface area contributed by atoms with Crippen molar-refractivity contribution in [2.75, 3.05) is 5.73 Å². The maximum atomic E-state index is 13.1. The van der Waals surface area contributed by atoms with Crippen LogP contribution in [0.3, 0.4) is 0 Å². The first kappa shape index (κ1) is 11.3. The van der Waals surface area contributed by atoms with Crippen LogP contribution in [-0.4, -0.2) is 5.78 Å². The zero-order valence-electron chi connectivity index (χ0n) is 8.59. The molecule has 1 aliphatic carbocycles. The van der Waals surface area contributed by atoms with Crippen molar-refractivity contribution in [3.05, 3.63) is 39.6 Å². The number of hydrogen-bond donors (Lipinski definition) is 1. The van der Waals surface area contributed by atoms with Crippen molar-refractivity contribution in [2.45, 2.75) is 19.3 Å². The molecule has 0 saturated heterocycles. The summed E-state index contributed by atoms with van der Waals surface area (Å²) in [6.45, 7) is 0. The number of hydrogen-bond acceptors (Lipinski definition) is 2. The Morgan fingerprint density at radius 1 is 1.44 bits per heavy atom. The molecule has 0 bridgehead atoms. The molecule has 0 heterocycles. The van der Waals surface area contributed by atoms with Gasteiger partial charge in [0.25, 0.3) is 0 Å². The second-order valence-corrected chi connectivity index (χ2v) is 4.66. The molecule has 0 spiro atoms. The Bertz CT molecular complexity index is 482. The predicted molar refractivity (Wildman–Crippen MR) is 64.8 cm³/mol. The van der Waals surface area contributed by atoms with Gasteiger partial charge in [-0.15, -0.1) is 0 Å². The van der Waals surface area contributed by atoms with E-state index in [4.69, 9.17) is 5.73 Å². The first-order valence-corrected chi connectivity index (χ1v) is 5.87. The molecular weight excluding hydrogens is 273 g/mol. The van der Waals surface area contributed by atoms with Crippen molar-refractivity contribution in [3.63, 3.8) is 0 Å². The number of ketones is 1. The summed E-state index contributed by atoms with van der Waals surface area (Å²) in [7, 11) is 0. The summed E-state index contributed by atoms with van der Waals surface area (Å²) < 4.78 is 13.6. The molecule has 0 fully saturated rings.